The number of likely N-dealkylation sites (N-methyl/N-ethyl adjacent to an activating group) is 1. The molecule has 2 nitrogen and oxygen atoms in total. The molecule has 0 aliphatic heterocycles. The van der Waals surface area contributed by atoms with Crippen molar-refractivity contribution in [2.45, 2.75) is 6.42 Å². The number of nitrogens with one attached hydrogen (secondary N) is 1. The van der Waals surface area contributed by atoms with Gasteiger partial charge in [0, 0.05) is 4.47 Å². The molecule has 0 unspecified atom stereocenters. The summed E-state index contributed by atoms with van der Waals surface area (Å²) in [6, 6.07) is 1.85. The molecule has 0 spiro atoms. The van der Waals surface area contributed by atoms with Crippen LogP contribution in [0.25, 0.3) is 0 Å². The van der Waals surface area contributed by atoms with Crippen molar-refractivity contribution in [3.05, 3.63) is 25.0 Å². The summed E-state index contributed by atoms with van der Waals surface area (Å²) in [7, 11) is 1.90. The Labute approximate surface area is 108 Å². The Morgan fingerprint density at radius 1 is 1.29 bits per heavy atom. The molecule has 0 aliphatic carbocycles. The van der Waals surface area contributed by atoms with Crippen molar-refractivity contribution < 1.29 is 5.11 Å². The van der Waals surface area contributed by atoms with Crippen molar-refractivity contribution in [3.8, 4) is 5.75 Å². The normalized spacial score (nSPS) is 10.6. The van der Waals surface area contributed by atoms with Gasteiger partial charge in [-0.1, -0.05) is 15.9 Å². The highest BCUT2D eigenvalue weighted by atomic mass is 79.9. The van der Waals surface area contributed by atoms with Crippen LogP contribution in [0.5, 0.6) is 5.75 Å². The highest BCUT2D eigenvalue weighted by molar-refractivity contribution is 9.11. The summed E-state index contributed by atoms with van der Waals surface area (Å²) in [6.07, 6.45) is 0.860. The molecular formula is C9H10Br3NO. The average molecular weight is 388 g/mol. The Balaban J connectivity index is 3.09. The summed E-state index contributed by atoms with van der Waals surface area (Å²) in [5, 5.41) is 12.7. The van der Waals surface area contributed by atoms with E-state index in [1.54, 1.807) is 0 Å². The molecule has 0 radical (unpaired) electrons. The number of hydrogen-bond acceptors (Lipinski definition) is 2. The van der Waals surface area contributed by atoms with Gasteiger partial charge in [-0.15, -0.1) is 0 Å². The van der Waals surface area contributed by atoms with Gasteiger partial charge in [0.25, 0.3) is 0 Å². The van der Waals surface area contributed by atoms with E-state index in [1.165, 1.54) is 0 Å². The SMILES string of the molecule is CNCCc1c(Br)cc(Br)c(O)c1Br. The minimum absolute atomic E-state index is 0.249. The summed E-state index contributed by atoms with van der Waals surface area (Å²) in [5.41, 5.74) is 1.07. The first kappa shape index (κ1) is 12.5. The molecule has 1 rings (SSSR count). The molecule has 2 N–H and O–H groups in total. The predicted molar refractivity (Wildman–Crippen MR) is 68.8 cm³/mol. The van der Waals surface area contributed by atoms with Crippen LogP contribution in [0.1, 0.15) is 5.56 Å². The van der Waals surface area contributed by atoms with Gasteiger partial charge in [-0.25, -0.2) is 0 Å². The van der Waals surface area contributed by atoms with E-state index in [0.29, 0.717) is 4.47 Å². The third-order valence-corrected chi connectivity index (χ3v) is 4.03. The van der Waals surface area contributed by atoms with Gasteiger partial charge in [-0.05, 0) is 63.5 Å². The van der Waals surface area contributed by atoms with E-state index >= 15 is 0 Å². The summed E-state index contributed by atoms with van der Waals surface area (Å²) in [5.74, 6) is 0.249. The second kappa shape index (κ2) is 5.49. The van der Waals surface area contributed by atoms with Crippen molar-refractivity contribution in [2.24, 2.45) is 0 Å². The number of benzene rings is 1. The molecule has 0 aliphatic rings. The third-order valence-electron chi connectivity index (χ3n) is 1.87. The zero-order chi connectivity index (χ0) is 10.7. The van der Waals surface area contributed by atoms with Gasteiger partial charge in [0.05, 0.1) is 8.95 Å². The molecule has 0 atom stereocenters. The Morgan fingerprint density at radius 3 is 2.50 bits per heavy atom. The van der Waals surface area contributed by atoms with Crippen molar-refractivity contribution in [2.75, 3.05) is 13.6 Å². The standard InChI is InChI=1S/C9H10Br3NO/c1-13-3-2-5-6(10)4-7(11)9(14)8(5)12/h4,13-14H,2-3H2,1H3. The highest BCUT2D eigenvalue weighted by Crippen LogP contribution is 2.39. The first-order chi connectivity index (χ1) is 6.57. The molecule has 0 aromatic heterocycles. The monoisotopic (exact) mass is 385 g/mol. The molecule has 0 amide bonds. The van der Waals surface area contributed by atoms with Gasteiger partial charge < -0.3 is 10.4 Å². The smallest absolute Gasteiger partial charge is 0.144 e. The van der Waals surface area contributed by atoms with Gasteiger partial charge in [0.1, 0.15) is 5.75 Å². The van der Waals surface area contributed by atoms with Crippen LogP contribution in [0.2, 0.25) is 0 Å². The number of hydrogen-bond donors (Lipinski definition) is 2. The highest BCUT2D eigenvalue weighted by Gasteiger charge is 2.12. The number of aromatic hydroxyl groups is 1. The van der Waals surface area contributed by atoms with E-state index in [9.17, 15) is 5.11 Å². The lowest BCUT2D eigenvalue weighted by Crippen LogP contribution is -2.11. The molecule has 0 saturated heterocycles. The van der Waals surface area contributed by atoms with Crippen LogP contribution in [0.15, 0.2) is 19.5 Å². The fourth-order valence-corrected chi connectivity index (χ4v) is 3.62. The molecule has 0 fully saturated rings. The Bertz CT molecular complexity index is 341. The van der Waals surface area contributed by atoms with Crippen molar-refractivity contribution in [1.29, 1.82) is 0 Å². The van der Waals surface area contributed by atoms with Crippen LogP contribution >= 0.6 is 47.8 Å². The minimum atomic E-state index is 0.249. The zero-order valence-corrected chi connectivity index (χ0v) is 12.3. The molecule has 0 bridgehead atoms. The van der Waals surface area contributed by atoms with E-state index in [2.05, 4.69) is 53.1 Å². The average Bonchev–Trinajstić information content (AvgIpc) is 2.14. The number of halogens is 3. The maximum atomic E-state index is 9.68. The summed E-state index contributed by atoms with van der Waals surface area (Å²) >= 11 is 10.1. The van der Waals surface area contributed by atoms with Crippen LogP contribution < -0.4 is 5.32 Å². The quantitative estimate of drug-likeness (QED) is 0.832. The van der Waals surface area contributed by atoms with E-state index < -0.39 is 0 Å². The number of phenols is 1. The largest absolute Gasteiger partial charge is 0.506 e. The minimum Gasteiger partial charge on any atom is -0.506 e. The Hall–Kier alpha value is 0.420. The molecule has 1 aromatic carbocycles. The molecule has 14 heavy (non-hydrogen) atoms. The fourth-order valence-electron chi connectivity index (χ4n) is 1.10. The number of rotatable bonds is 3. The lowest BCUT2D eigenvalue weighted by atomic mass is 10.1. The van der Waals surface area contributed by atoms with Gasteiger partial charge in [-0.2, -0.15) is 0 Å². The van der Waals surface area contributed by atoms with Crippen LogP contribution in [0.4, 0.5) is 0 Å². The zero-order valence-electron chi connectivity index (χ0n) is 7.57. The molecular weight excluding hydrogens is 378 g/mol. The fraction of sp³-hybridized carbons (Fsp3) is 0.333. The van der Waals surface area contributed by atoms with E-state index in [0.717, 1.165) is 27.5 Å². The van der Waals surface area contributed by atoms with Crippen molar-refractivity contribution in [3.63, 3.8) is 0 Å². The van der Waals surface area contributed by atoms with E-state index in [1.807, 2.05) is 13.1 Å². The van der Waals surface area contributed by atoms with Crippen LogP contribution in [-0.4, -0.2) is 18.7 Å². The lowest BCUT2D eigenvalue weighted by Gasteiger charge is -2.10. The topological polar surface area (TPSA) is 32.3 Å². The molecule has 5 heteroatoms. The summed E-state index contributed by atoms with van der Waals surface area (Å²) in [4.78, 5) is 0. The van der Waals surface area contributed by atoms with Crippen LogP contribution in [0.3, 0.4) is 0 Å². The summed E-state index contributed by atoms with van der Waals surface area (Å²) in [6.45, 7) is 0.873. The van der Waals surface area contributed by atoms with Crippen LogP contribution in [-0.2, 0) is 6.42 Å². The molecule has 78 valence electrons. The number of phenolic OH excluding ortho intramolecular Hbond substituents is 1. The maximum Gasteiger partial charge on any atom is 0.144 e. The van der Waals surface area contributed by atoms with Gasteiger partial charge in [-0.3, -0.25) is 0 Å². The second-order valence-corrected chi connectivity index (χ2v) is 5.34. The van der Waals surface area contributed by atoms with Gasteiger partial charge in [0.2, 0.25) is 0 Å². The molecule has 0 heterocycles. The molecule has 0 saturated carbocycles. The molecule has 1 aromatic rings. The summed E-state index contributed by atoms with van der Waals surface area (Å²) < 4.78 is 2.42. The lowest BCUT2D eigenvalue weighted by molar-refractivity contribution is 0.467. The van der Waals surface area contributed by atoms with Crippen LogP contribution in [0, 0.1) is 0 Å². The maximum absolute atomic E-state index is 9.68. The van der Waals surface area contributed by atoms with E-state index in [-0.39, 0.29) is 5.75 Å². The van der Waals surface area contributed by atoms with Crippen molar-refractivity contribution in [1.82, 2.24) is 5.32 Å². The predicted octanol–water partition coefficient (Wildman–Crippen LogP) is 3.44. The first-order valence-electron chi connectivity index (χ1n) is 4.08. The Kier molecular flexibility index (Phi) is 4.90. The Morgan fingerprint density at radius 2 is 1.93 bits per heavy atom. The van der Waals surface area contributed by atoms with Crippen molar-refractivity contribution >= 4 is 47.8 Å². The van der Waals surface area contributed by atoms with Gasteiger partial charge in [0.15, 0.2) is 0 Å². The van der Waals surface area contributed by atoms with Gasteiger partial charge >= 0.3 is 0 Å². The second-order valence-electron chi connectivity index (χ2n) is 2.83. The third kappa shape index (κ3) is 2.72. The van der Waals surface area contributed by atoms with E-state index in [4.69, 9.17) is 0 Å². The first-order valence-corrected chi connectivity index (χ1v) is 6.45.